The minimum Gasteiger partial charge on any atom is -0.497 e. The number of ether oxygens (including phenoxy) is 2. The van der Waals surface area contributed by atoms with E-state index in [-0.39, 0.29) is 23.3 Å². The second kappa shape index (κ2) is 6.34. The fraction of sp³-hybridized carbons (Fsp3) is 0.444. The Morgan fingerprint density at radius 2 is 1.86 bits per heavy atom. The number of allylic oxidation sites excluding steroid dienone is 1. The number of rotatable bonds is 3. The van der Waals surface area contributed by atoms with Crippen LogP contribution in [0.5, 0.6) is 5.75 Å². The van der Waals surface area contributed by atoms with Crippen LogP contribution in [-0.4, -0.2) is 25.0 Å². The van der Waals surface area contributed by atoms with E-state index in [0.29, 0.717) is 29.7 Å². The molecule has 1 aromatic carbocycles. The van der Waals surface area contributed by atoms with E-state index >= 15 is 0 Å². The predicted octanol–water partition coefficient (Wildman–Crippen LogP) is 3.56. The minimum absolute atomic E-state index is 0.119. The summed E-state index contributed by atoms with van der Waals surface area (Å²) >= 11 is 0. The zero-order chi connectivity index (χ0) is 16.3. The Morgan fingerprint density at radius 3 is 2.45 bits per heavy atom. The fourth-order valence-corrected chi connectivity index (χ4v) is 2.63. The van der Waals surface area contributed by atoms with Crippen LogP contribution in [0, 0.1) is 5.41 Å². The normalized spacial score (nSPS) is 20.8. The summed E-state index contributed by atoms with van der Waals surface area (Å²) in [5, 5.41) is 0. The van der Waals surface area contributed by atoms with E-state index in [1.807, 2.05) is 13.8 Å². The highest BCUT2D eigenvalue weighted by Crippen LogP contribution is 2.33. The summed E-state index contributed by atoms with van der Waals surface area (Å²) in [5.74, 6) is 0.420. The first-order valence-electron chi connectivity index (χ1n) is 7.37. The Labute approximate surface area is 131 Å². The number of ketones is 1. The molecule has 0 aliphatic heterocycles. The number of methoxy groups -OCH3 is 1. The molecule has 0 saturated heterocycles. The van der Waals surface area contributed by atoms with Crippen molar-refractivity contribution < 1.29 is 19.1 Å². The van der Waals surface area contributed by atoms with Gasteiger partial charge in [-0.1, -0.05) is 13.8 Å². The van der Waals surface area contributed by atoms with Gasteiger partial charge in [-0.15, -0.1) is 0 Å². The third kappa shape index (κ3) is 3.97. The third-order valence-electron chi connectivity index (χ3n) is 3.85. The second-order valence-electron chi connectivity index (χ2n) is 6.49. The molecule has 118 valence electrons. The molecule has 0 fully saturated rings. The molecule has 0 saturated carbocycles. The van der Waals surface area contributed by atoms with E-state index in [0.717, 1.165) is 0 Å². The van der Waals surface area contributed by atoms with E-state index in [1.54, 1.807) is 44.4 Å². The molecule has 0 bridgehead atoms. The lowest BCUT2D eigenvalue weighted by Gasteiger charge is -2.25. The molecule has 4 heteroatoms. The lowest BCUT2D eigenvalue weighted by molar-refractivity contribution is -0.117. The quantitative estimate of drug-likeness (QED) is 0.801. The van der Waals surface area contributed by atoms with Gasteiger partial charge in [0.1, 0.15) is 11.9 Å². The van der Waals surface area contributed by atoms with Gasteiger partial charge in [0, 0.05) is 6.42 Å². The van der Waals surface area contributed by atoms with Crippen LogP contribution in [0.2, 0.25) is 0 Å². The van der Waals surface area contributed by atoms with Crippen molar-refractivity contribution in [2.75, 3.05) is 7.11 Å². The van der Waals surface area contributed by atoms with Gasteiger partial charge >= 0.3 is 5.97 Å². The van der Waals surface area contributed by atoms with E-state index in [9.17, 15) is 9.59 Å². The summed E-state index contributed by atoms with van der Waals surface area (Å²) in [7, 11) is 1.57. The maximum atomic E-state index is 12.2. The predicted molar refractivity (Wildman–Crippen MR) is 84.0 cm³/mol. The molecule has 0 radical (unpaired) electrons. The first kappa shape index (κ1) is 16.3. The van der Waals surface area contributed by atoms with Gasteiger partial charge in [0.25, 0.3) is 0 Å². The van der Waals surface area contributed by atoms with Crippen LogP contribution in [0.25, 0.3) is 0 Å². The molecule has 0 amide bonds. The molecule has 0 heterocycles. The molecule has 0 N–H and O–H groups in total. The zero-order valence-corrected chi connectivity index (χ0v) is 13.5. The molecule has 1 aliphatic rings. The number of Topliss-reactive ketones (excluding diaryl/α,β-unsaturated/α-hetero) is 1. The first-order chi connectivity index (χ1) is 10.3. The van der Waals surface area contributed by atoms with Gasteiger partial charge in [-0.05, 0) is 54.7 Å². The van der Waals surface area contributed by atoms with Crippen molar-refractivity contribution in [2.24, 2.45) is 5.41 Å². The molecule has 1 aliphatic carbocycles. The monoisotopic (exact) mass is 302 g/mol. The lowest BCUT2D eigenvalue weighted by Crippen LogP contribution is -2.23. The highest BCUT2D eigenvalue weighted by molar-refractivity contribution is 5.95. The summed E-state index contributed by atoms with van der Waals surface area (Å²) in [6.45, 7) is 5.81. The van der Waals surface area contributed by atoms with Crippen LogP contribution in [0.1, 0.15) is 44.0 Å². The van der Waals surface area contributed by atoms with Crippen molar-refractivity contribution in [3.05, 3.63) is 41.5 Å². The van der Waals surface area contributed by atoms with Crippen molar-refractivity contribution in [3.8, 4) is 5.75 Å². The molecular weight excluding hydrogens is 280 g/mol. The van der Waals surface area contributed by atoms with E-state index < -0.39 is 0 Å². The number of hydrogen-bond donors (Lipinski definition) is 0. The average molecular weight is 302 g/mol. The third-order valence-corrected chi connectivity index (χ3v) is 3.85. The van der Waals surface area contributed by atoms with Crippen LogP contribution in [0.15, 0.2) is 35.9 Å². The van der Waals surface area contributed by atoms with Gasteiger partial charge in [0.05, 0.1) is 12.7 Å². The Bertz CT molecular complexity index is 596. The molecular formula is C18H22O4. The van der Waals surface area contributed by atoms with Crippen LogP contribution < -0.4 is 4.74 Å². The number of esters is 1. The Balaban J connectivity index is 2.13. The number of carbonyl (C=O) groups is 2. The van der Waals surface area contributed by atoms with Gasteiger partial charge in [-0.2, -0.15) is 0 Å². The molecule has 1 aromatic rings. The maximum absolute atomic E-state index is 12.2. The highest BCUT2D eigenvalue weighted by Gasteiger charge is 2.31. The first-order valence-corrected chi connectivity index (χ1v) is 7.37. The van der Waals surface area contributed by atoms with Crippen molar-refractivity contribution in [1.29, 1.82) is 0 Å². The zero-order valence-electron chi connectivity index (χ0n) is 13.5. The Morgan fingerprint density at radius 1 is 1.23 bits per heavy atom. The van der Waals surface area contributed by atoms with Crippen molar-refractivity contribution in [3.63, 3.8) is 0 Å². The van der Waals surface area contributed by atoms with Crippen molar-refractivity contribution in [1.82, 2.24) is 0 Å². The van der Waals surface area contributed by atoms with Crippen LogP contribution in [-0.2, 0) is 9.53 Å². The van der Waals surface area contributed by atoms with Crippen LogP contribution in [0.4, 0.5) is 0 Å². The summed E-state index contributed by atoms with van der Waals surface area (Å²) in [6.07, 6.45) is 2.50. The van der Waals surface area contributed by atoms with E-state index in [1.165, 1.54) is 0 Å². The summed E-state index contributed by atoms with van der Waals surface area (Å²) in [5.41, 5.74) is 0.953. The summed E-state index contributed by atoms with van der Waals surface area (Å²) in [4.78, 5) is 24.2. The van der Waals surface area contributed by atoms with Crippen LogP contribution in [0.3, 0.4) is 0 Å². The van der Waals surface area contributed by atoms with Gasteiger partial charge in [-0.25, -0.2) is 4.79 Å². The SMILES string of the molecule is COc1ccc(C(=O)OC2C=C(C)C(=O)CC(C)(C)C2)cc1. The fourth-order valence-electron chi connectivity index (χ4n) is 2.63. The van der Waals surface area contributed by atoms with Gasteiger partial charge < -0.3 is 9.47 Å². The van der Waals surface area contributed by atoms with Gasteiger partial charge in [0.15, 0.2) is 5.78 Å². The maximum Gasteiger partial charge on any atom is 0.338 e. The standard InChI is InChI=1S/C18H22O4/c1-12-9-15(10-18(2,3)11-16(12)19)22-17(20)13-5-7-14(21-4)8-6-13/h5-9,15H,10-11H2,1-4H3. The molecule has 22 heavy (non-hydrogen) atoms. The Hall–Kier alpha value is -2.10. The Kier molecular flexibility index (Phi) is 4.69. The van der Waals surface area contributed by atoms with Crippen molar-refractivity contribution in [2.45, 2.75) is 39.7 Å². The average Bonchev–Trinajstić information content (AvgIpc) is 2.54. The van der Waals surface area contributed by atoms with Crippen molar-refractivity contribution >= 4 is 11.8 Å². The molecule has 4 nitrogen and oxygen atoms in total. The lowest BCUT2D eigenvalue weighted by atomic mass is 9.83. The van der Waals surface area contributed by atoms with Gasteiger partial charge in [-0.3, -0.25) is 4.79 Å². The molecule has 0 aromatic heterocycles. The van der Waals surface area contributed by atoms with Gasteiger partial charge in [0.2, 0.25) is 0 Å². The summed E-state index contributed by atoms with van der Waals surface area (Å²) in [6, 6.07) is 6.78. The largest absolute Gasteiger partial charge is 0.497 e. The number of carbonyl (C=O) groups excluding carboxylic acids is 2. The minimum atomic E-state index is -0.387. The molecule has 1 unspecified atom stereocenters. The molecule has 2 rings (SSSR count). The smallest absolute Gasteiger partial charge is 0.338 e. The topological polar surface area (TPSA) is 52.6 Å². The van der Waals surface area contributed by atoms with E-state index in [4.69, 9.17) is 9.47 Å². The molecule has 1 atom stereocenters. The number of benzene rings is 1. The van der Waals surface area contributed by atoms with Crippen LogP contribution >= 0.6 is 0 Å². The number of hydrogen-bond acceptors (Lipinski definition) is 4. The van der Waals surface area contributed by atoms with E-state index in [2.05, 4.69) is 0 Å². The summed E-state index contributed by atoms with van der Waals surface area (Å²) < 4.78 is 10.6. The molecule has 0 spiro atoms. The second-order valence-corrected chi connectivity index (χ2v) is 6.49. The highest BCUT2D eigenvalue weighted by atomic mass is 16.5.